The highest BCUT2D eigenvalue weighted by atomic mass is 79.9. The van der Waals surface area contributed by atoms with Crippen LogP contribution < -0.4 is 10.6 Å². The molecule has 5 heteroatoms. The first-order valence-corrected chi connectivity index (χ1v) is 7.32. The van der Waals surface area contributed by atoms with Crippen LogP contribution in [-0.4, -0.2) is 11.8 Å². The summed E-state index contributed by atoms with van der Waals surface area (Å²) in [5, 5.41) is 0. The van der Waals surface area contributed by atoms with Gasteiger partial charge in [0.05, 0.1) is 16.8 Å². The van der Waals surface area contributed by atoms with E-state index < -0.39 is 0 Å². The molecular formula is C16H13BrN2O2. The van der Waals surface area contributed by atoms with Gasteiger partial charge in [0.25, 0.3) is 11.8 Å². The number of carbonyl (C=O) groups excluding carboxylic acids is 2. The first-order chi connectivity index (χ1) is 9.99. The first kappa shape index (κ1) is 14.0. The Morgan fingerprint density at radius 3 is 2.48 bits per heavy atom. The lowest BCUT2D eigenvalue weighted by Crippen LogP contribution is -2.29. The maximum atomic E-state index is 12.5. The van der Waals surface area contributed by atoms with Gasteiger partial charge in [0.15, 0.2) is 0 Å². The van der Waals surface area contributed by atoms with Crippen LogP contribution in [0, 0.1) is 0 Å². The fourth-order valence-corrected chi connectivity index (χ4v) is 2.76. The van der Waals surface area contributed by atoms with E-state index in [4.69, 9.17) is 5.73 Å². The van der Waals surface area contributed by atoms with Crippen molar-refractivity contribution in [3.8, 4) is 0 Å². The average molecular weight is 345 g/mol. The minimum absolute atomic E-state index is 0.158. The molecule has 1 aliphatic rings. The number of rotatable bonds is 2. The fraction of sp³-hybridized carbons (Fsp3) is 0.125. The van der Waals surface area contributed by atoms with Gasteiger partial charge in [0, 0.05) is 10.5 Å². The second kappa shape index (κ2) is 5.09. The fourth-order valence-electron chi connectivity index (χ4n) is 2.39. The number of hydrogen-bond donors (Lipinski definition) is 1. The molecule has 21 heavy (non-hydrogen) atoms. The number of fused-ring (bicyclic) bond motifs is 1. The maximum Gasteiger partial charge on any atom is 0.266 e. The predicted molar refractivity (Wildman–Crippen MR) is 84.3 cm³/mol. The van der Waals surface area contributed by atoms with E-state index >= 15 is 0 Å². The number of amides is 2. The lowest BCUT2D eigenvalue weighted by molar-refractivity contribution is 0.0926. The highest BCUT2D eigenvalue weighted by molar-refractivity contribution is 9.10. The smallest absolute Gasteiger partial charge is 0.266 e. The normalized spacial score (nSPS) is 15.3. The van der Waals surface area contributed by atoms with Crippen LogP contribution in [0.25, 0.3) is 0 Å². The van der Waals surface area contributed by atoms with Crippen molar-refractivity contribution >= 4 is 33.4 Å². The molecule has 106 valence electrons. The highest BCUT2D eigenvalue weighted by Gasteiger charge is 2.36. The molecule has 2 N–H and O–H groups in total. The van der Waals surface area contributed by atoms with Crippen molar-refractivity contribution < 1.29 is 9.59 Å². The summed E-state index contributed by atoms with van der Waals surface area (Å²) in [7, 11) is 0. The summed E-state index contributed by atoms with van der Waals surface area (Å²) < 4.78 is 0.772. The summed E-state index contributed by atoms with van der Waals surface area (Å²) in [6.45, 7) is 1.86. The molecule has 0 fully saturated rings. The van der Waals surface area contributed by atoms with Crippen molar-refractivity contribution in [2.75, 3.05) is 4.90 Å². The molecule has 0 radical (unpaired) electrons. The molecule has 2 aromatic rings. The molecule has 0 aliphatic carbocycles. The van der Waals surface area contributed by atoms with E-state index in [1.807, 2.05) is 13.0 Å². The molecule has 0 bridgehead atoms. The molecule has 3 rings (SSSR count). The number of imide groups is 1. The third kappa shape index (κ3) is 2.28. The van der Waals surface area contributed by atoms with Crippen molar-refractivity contribution in [3.63, 3.8) is 0 Å². The second-order valence-corrected chi connectivity index (χ2v) is 5.93. The van der Waals surface area contributed by atoms with E-state index in [2.05, 4.69) is 15.9 Å². The molecule has 1 heterocycles. The van der Waals surface area contributed by atoms with Crippen molar-refractivity contribution in [1.29, 1.82) is 0 Å². The Hall–Kier alpha value is -1.98. The Kier molecular flexibility index (Phi) is 3.39. The van der Waals surface area contributed by atoms with Crippen molar-refractivity contribution in [2.45, 2.75) is 13.0 Å². The minimum Gasteiger partial charge on any atom is -0.324 e. The third-order valence-electron chi connectivity index (χ3n) is 3.50. The first-order valence-electron chi connectivity index (χ1n) is 6.53. The molecule has 1 unspecified atom stereocenters. The number of benzene rings is 2. The zero-order valence-electron chi connectivity index (χ0n) is 11.3. The number of carbonyl (C=O) groups is 2. The van der Waals surface area contributed by atoms with Crippen LogP contribution in [0.5, 0.6) is 0 Å². The van der Waals surface area contributed by atoms with Crippen LogP contribution in [0.15, 0.2) is 46.9 Å². The van der Waals surface area contributed by atoms with Gasteiger partial charge in [-0.2, -0.15) is 0 Å². The molecule has 2 aromatic carbocycles. The van der Waals surface area contributed by atoms with E-state index in [9.17, 15) is 9.59 Å². The number of anilines is 1. The van der Waals surface area contributed by atoms with E-state index in [0.717, 1.165) is 10.0 Å². The van der Waals surface area contributed by atoms with Crippen LogP contribution in [0.2, 0.25) is 0 Å². The number of hydrogen-bond acceptors (Lipinski definition) is 3. The summed E-state index contributed by atoms with van der Waals surface area (Å²) in [5.74, 6) is -0.609. The molecule has 0 saturated carbocycles. The lowest BCUT2D eigenvalue weighted by atomic mass is 10.1. The second-order valence-electron chi connectivity index (χ2n) is 5.02. The minimum atomic E-state index is -0.307. The standard InChI is InChI=1S/C16H13BrN2O2/c1-9(18)10-3-2-4-12(7-10)19-15(20)13-6-5-11(17)8-14(13)16(19)21/h2-9H,18H2,1H3. The van der Waals surface area contributed by atoms with Crippen LogP contribution in [-0.2, 0) is 0 Å². The average Bonchev–Trinajstić information content (AvgIpc) is 2.70. The maximum absolute atomic E-state index is 12.5. The van der Waals surface area contributed by atoms with Crippen LogP contribution in [0.3, 0.4) is 0 Å². The van der Waals surface area contributed by atoms with Gasteiger partial charge in [-0.25, -0.2) is 4.90 Å². The summed E-state index contributed by atoms with van der Waals surface area (Å²) in [5.41, 5.74) is 8.13. The van der Waals surface area contributed by atoms with Crippen LogP contribution in [0.1, 0.15) is 39.2 Å². The Morgan fingerprint density at radius 2 is 1.76 bits per heavy atom. The number of nitrogens with two attached hydrogens (primary N) is 1. The topological polar surface area (TPSA) is 63.4 Å². The van der Waals surface area contributed by atoms with Gasteiger partial charge >= 0.3 is 0 Å². The summed E-state index contributed by atoms with van der Waals surface area (Å²) >= 11 is 3.32. The Labute approximate surface area is 130 Å². The number of nitrogens with zero attached hydrogens (tertiary/aromatic N) is 1. The van der Waals surface area contributed by atoms with Crippen LogP contribution in [0.4, 0.5) is 5.69 Å². The van der Waals surface area contributed by atoms with Gasteiger partial charge < -0.3 is 5.73 Å². The van der Waals surface area contributed by atoms with Gasteiger partial charge in [0.1, 0.15) is 0 Å². The molecule has 0 saturated heterocycles. The molecule has 1 atom stereocenters. The summed E-state index contributed by atoms with van der Waals surface area (Å²) in [4.78, 5) is 26.1. The molecular weight excluding hydrogens is 332 g/mol. The number of halogens is 1. The molecule has 1 aliphatic heterocycles. The molecule has 2 amide bonds. The Morgan fingerprint density at radius 1 is 1.05 bits per heavy atom. The van der Waals surface area contributed by atoms with E-state index in [0.29, 0.717) is 16.8 Å². The van der Waals surface area contributed by atoms with Gasteiger partial charge in [0.2, 0.25) is 0 Å². The van der Waals surface area contributed by atoms with Crippen molar-refractivity contribution in [1.82, 2.24) is 0 Å². The van der Waals surface area contributed by atoms with Gasteiger partial charge in [-0.15, -0.1) is 0 Å². The lowest BCUT2D eigenvalue weighted by Gasteiger charge is -2.16. The zero-order valence-corrected chi connectivity index (χ0v) is 12.9. The largest absolute Gasteiger partial charge is 0.324 e. The quantitative estimate of drug-likeness (QED) is 0.850. The summed E-state index contributed by atoms with van der Waals surface area (Å²) in [6.07, 6.45) is 0. The van der Waals surface area contributed by atoms with Crippen molar-refractivity contribution in [3.05, 3.63) is 63.6 Å². The van der Waals surface area contributed by atoms with E-state index in [1.54, 1.807) is 36.4 Å². The van der Waals surface area contributed by atoms with Crippen LogP contribution >= 0.6 is 15.9 Å². The molecule has 0 spiro atoms. The van der Waals surface area contributed by atoms with Gasteiger partial charge in [-0.1, -0.05) is 28.1 Å². The van der Waals surface area contributed by atoms with E-state index in [1.165, 1.54) is 4.90 Å². The predicted octanol–water partition coefficient (Wildman–Crippen LogP) is 3.27. The van der Waals surface area contributed by atoms with E-state index in [-0.39, 0.29) is 17.9 Å². The Bertz CT molecular complexity index is 756. The molecule has 4 nitrogen and oxygen atoms in total. The third-order valence-corrected chi connectivity index (χ3v) is 4.00. The SMILES string of the molecule is CC(N)c1cccc(N2C(=O)c3ccc(Br)cc3C2=O)c1. The highest BCUT2D eigenvalue weighted by Crippen LogP contribution is 2.31. The van der Waals surface area contributed by atoms with Gasteiger partial charge in [-0.05, 0) is 42.8 Å². The summed E-state index contributed by atoms with van der Waals surface area (Å²) in [6, 6.07) is 12.1. The Balaban J connectivity index is 2.07. The zero-order chi connectivity index (χ0) is 15.1. The van der Waals surface area contributed by atoms with Gasteiger partial charge in [-0.3, -0.25) is 9.59 Å². The molecule has 0 aromatic heterocycles. The van der Waals surface area contributed by atoms with Crippen molar-refractivity contribution in [2.24, 2.45) is 5.73 Å². The monoisotopic (exact) mass is 344 g/mol.